The minimum Gasteiger partial charge on any atom is -0.463 e. The van der Waals surface area contributed by atoms with E-state index in [9.17, 15) is 9.59 Å². The minimum absolute atomic E-state index is 0.0250. The third-order valence-electron chi connectivity index (χ3n) is 3.71. The molecule has 4 nitrogen and oxygen atoms in total. The van der Waals surface area contributed by atoms with Gasteiger partial charge >= 0.3 is 5.97 Å². The maximum atomic E-state index is 12.3. The first-order valence-corrected chi connectivity index (χ1v) is 6.94. The molecule has 1 aliphatic carbocycles. The summed E-state index contributed by atoms with van der Waals surface area (Å²) in [6.07, 6.45) is 7.72. The Balaban J connectivity index is 2.05. The standard InChI is InChI=1S/C15H20O4/c1-18-15(17)13-10-9-12(19-13)14(16)11-7-5-3-2-4-6-8-11/h9-11H,2-8H2,1H3. The smallest absolute Gasteiger partial charge is 0.373 e. The summed E-state index contributed by atoms with van der Waals surface area (Å²) >= 11 is 0. The number of esters is 1. The van der Waals surface area contributed by atoms with Gasteiger partial charge in [-0.2, -0.15) is 0 Å². The van der Waals surface area contributed by atoms with Crippen LogP contribution in [0.15, 0.2) is 16.5 Å². The Morgan fingerprint density at radius 2 is 1.63 bits per heavy atom. The average molecular weight is 264 g/mol. The van der Waals surface area contributed by atoms with Gasteiger partial charge in [0.1, 0.15) is 0 Å². The quantitative estimate of drug-likeness (QED) is 0.618. The largest absolute Gasteiger partial charge is 0.463 e. The molecule has 0 bridgehead atoms. The van der Waals surface area contributed by atoms with Crippen molar-refractivity contribution in [1.82, 2.24) is 0 Å². The van der Waals surface area contributed by atoms with E-state index >= 15 is 0 Å². The Bertz CT molecular complexity index is 439. The molecule has 104 valence electrons. The van der Waals surface area contributed by atoms with Gasteiger partial charge in [-0.05, 0) is 25.0 Å². The number of rotatable bonds is 3. The Morgan fingerprint density at radius 1 is 1.05 bits per heavy atom. The fourth-order valence-corrected chi connectivity index (χ4v) is 2.60. The molecule has 0 atom stereocenters. The van der Waals surface area contributed by atoms with Crippen molar-refractivity contribution in [2.24, 2.45) is 5.92 Å². The molecule has 1 heterocycles. The molecule has 1 fully saturated rings. The SMILES string of the molecule is COC(=O)c1ccc(C(=O)C2CCCCCCC2)o1. The van der Waals surface area contributed by atoms with Gasteiger partial charge in [0.15, 0.2) is 5.76 Å². The number of hydrogen-bond donors (Lipinski definition) is 0. The first kappa shape index (κ1) is 13.8. The molecule has 0 amide bonds. The summed E-state index contributed by atoms with van der Waals surface area (Å²) in [5.74, 6) is -0.103. The molecule has 2 rings (SSSR count). The third kappa shape index (κ3) is 3.46. The molecular weight excluding hydrogens is 244 g/mol. The molecule has 1 saturated carbocycles. The monoisotopic (exact) mass is 264 g/mol. The summed E-state index contributed by atoms with van der Waals surface area (Å²) in [6.45, 7) is 0. The molecule has 0 saturated heterocycles. The van der Waals surface area contributed by atoms with Crippen LogP contribution in [0.1, 0.15) is 66.1 Å². The highest BCUT2D eigenvalue weighted by Gasteiger charge is 2.24. The average Bonchev–Trinajstić information content (AvgIpc) is 2.86. The van der Waals surface area contributed by atoms with Crippen LogP contribution < -0.4 is 0 Å². The normalized spacial score (nSPS) is 17.5. The Hall–Kier alpha value is -1.58. The van der Waals surface area contributed by atoms with E-state index in [-0.39, 0.29) is 23.2 Å². The summed E-state index contributed by atoms with van der Waals surface area (Å²) < 4.78 is 9.87. The van der Waals surface area contributed by atoms with Crippen LogP contribution in [0.2, 0.25) is 0 Å². The van der Waals surface area contributed by atoms with Crippen molar-refractivity contribution in [1.29, 1.82) is 0 Å². The van der Waals surface area contributed by atoms with Crippen molar-refractivity contribution in [3.8, 4) is 0 Å². The van der Waals surface area contributed by atoms with Crippen LogP contribution in [0.3, 0.4) is 0 Å². The van der Waals surface area contributed by atoms with Crippen molar-refractivity contribution >= 4 is 11.8 Å². The lowest BCUT2D eigenvalue weighted by Crippen LogP contribution is -2.15. The molecular formula is C15H20O4. The van der Waals surface area contributed by atoms with Gasteiger partial charge in [0.25, 0.3) is 0 Å². The van der Waals surface area contributed by atoms with Gasteiger partial charge in [-0.15, -0.1) is 0 Å². The number of methoxy groups -OCH3 is 1. The van der Waals surface area contributed by atoms with Gasteiger partial charge in [-0.3, -0.25) is 4.79 Å². The second-order valence-corrected chi connectivity index (χ2v) is 5.06. The molecule has 0 radical (unpaired) electrons. The highest BCUT2D eigenvalue weighted by molar-refractivity contribution is 5.96. The zero-order valence-electron chi connectivity index (χ0n) is 11.3. The zero-order chi connectivity index (χ0) is 13.7. The lowest BCUT2D eigenvalue weighted by atomic mass is 9.87. The van der Waals surface area contributed by atoms with Gasteiger partial charge in [-0.1, -0.05) is 32.1 Å². The highest BCUT2D eigenvalue weighted by atomic mass is 16.5. The molecule has 1 aromatic heterocycles. The minimum atomic E-state index is -0.545. The van der Waals surface area contributed by atoms with Gasteiger partial charge in [0.2, 0.25) is 11.5 Å². The van der Waals surface area contributed by atoms with Gasteiger partial charge < -0.3 is 9.15 Å². The first-order valence-electron chi connectivity index (χ1n) is 6.94. The van der Waals surface area contributed by atoms with Crippen LogP contribution >= 0.6 is 0 Å². The molecule has 0 spiro atoms. The first-order chi connectivity index (χ1) is 9.22. The molecule has 0 unspecified atom stereocenters. The molecule has 0 aliphatic heterocycles. The summed E-state index contributed by atoms with van der Waals surface area (Å²) in [5, 5.41) is 0. The molecule has 4 heteroatoms. The molecule has 0 N–H and O–H groups in total. The number of hydrogen-bond acceptors (Lipinski definition) is 4. The number of ether oxygens (including phenoxy) is 1. The van der Waals surface area contributed by atoms with Crippen LogP contribution in [0.4, 0.5) is 0 Å². The number of furan rings is 1. The Labute approximate surface area is 113 Å². The van der Waals surface area contributed by atoms with Gasteiger partial charge in [-0.25, -0.2) is 4.79 Å². The van der Waals surface area contributed by atoms with Crippen molar-refractivity contribution in [2.75, 3.05) is 7.11 Å². The predicted octanol–water partition coefficient (Wildman–Crippen LogP) is 3.61. The van der Waals surface area contributed by atoms with Crippen molar-refractivity contribution < 1.29 is 18.7 Å². The van der Waals surface area contributed by atoms with E-state index in [0.29, 0.717) is 0 Å². The van der Waals surface area contributed by atoms with Crippen molar-refractivity contribution in [2.45, 2.75) is 44.9 Å². The Morgan fingerprint density at radius 3 is 2.26 bits per heavy atom. The van der Waals surface area contributed by atoms with Crippen LogP contribution in [0.25, 0.3) is 0 Å². The van der Waals surface area contributed by atoms with Crippen LogP contribution in [0, 0.1) is 5.92 Å². The van der Waals surface area contributed by atoms with E-state index in [1.54, 1.807) is 6.07 Å². The van der Waals surface area contributed by atoms with Crippen LogP contribution in [-0.2, 0) is 4.74 Å². The number of Topliss-reactive ketones (excluding diaryl/α,β-unsaturated/α-hetero) is 1. The number of ketones is 1. The Kier molecular flexibility index (Phi) is 4.77. The van der Waals surface area contributed by atoms with Crippen molar-refractivity contribution in [3.63, 3.8) is 0 Å². The van der Waals surface area contributed by atoms with E-state index in [1.165, 1.54) is 32.4 Å². The number of carbonyl (C=O) groups excluding carboxylic acids is 2. The van der Waals surface area contributed by atoms with Crippen LogP contribution in [-0.4, -0.2) is 18.9 Å². The fraction of sp³-hybridized carbons (Fsp3) is 0.600. The highest BCUT2D eigenvalue weighted by Crippen LogP contribution is 2.26. The van der Waals surface area contributed by atoms with E-state index in [4.69, 9.17) is 4.42 Å². The maximum Gasteiger partial charge on any atom is 0.373 e. The third-order valence-corrected chi connectivity index (χ3v) is 3.71. The lowest BCUT2D eigenvalue weighted by molar-refractivity contribution is 0.0562. The van der Waals surface area contributed by atoms with Gasteiger partial charge in [0.05, 0.1) is 7.11 Å². The molecule has 0 aromatic carbocycles. The van der Waals surface area contributed by atoms with E-state index in [0.717, 1.165) is 25.7 Å². The second kappa shape index (κ2) is 6.55. The number of carbonyl (C=O) groups is 2. The summed E-state index contributed by atoms with van der Waals surface area (Å²) in [5.41, 5.74) is 0. The van der Waals surface area contributed by atoms with Gasteiger partial charge in [0, 0.05) is 5.92 Å². The topological polar surface area (TPSA) is 56.5 Å². The lowest BCUT2D eigenvalue weighted by Gasteiger charge is -2.17. The molecule has 1 aliphatic rings. The van der Waals surface area contributed by atoms with Crippen LogP contribution in [0.5, 0.6) is 0 Å². The molecule has 1 aromatic rings. The van der Waals surface area contributed by atoms with E-state index in [2.05, 4.69) is 4.74 Å². The molecule has 19 heavy (non-hydrogen) atoms. The summed E-state index contributed by atoms with van der Waals surface area (Å²) in [7, 11) is 1.29. The fourth-order valence-electron chi connectivity index (χ4n) is 2.60. The van der Waals surface area contributed by atoms with E-state index < -0.39 is 5.97 Å². The summed E-state index contributed by atoms with van der Waals surface area (Å²) in [6, 6.07) is 3.08. The summed E-state index contributed by atoms with van der Waals surface area (Å²) in [4.78, 5) is 23.6. The predicted molar refractivity (Wildman–Crippen MR) is 70.2 cm³/mol. The van der Waals surface area contributed by atoms with Crippen molar-refractivity contribution in [3.05, 3.63) is 23.7 Å². The van der Waals surface area contributed by atoms with E-state index in [1.807, 2.05) is 0 Å². The zero-order valence-corrected chi connectivity index (χ0v) is 11.3. The second-order valence-electron chi connectivity index (χ2n) is 5.06. The maximum absolute atomic E-state index is 12.3.